The van der Waals surface area contributed by atoms with Crippen molar-refractivity contribution in [3.8, 4) is 0 Å². The summed E-state index contributed by atoms with van der Waals surface area (Å²) in [6.45, 7) is 2.86. The first-order valence-corrected chi connectivity index (χ1v) is 8.18. The van der Waals surface area contributed by atoms with Crippen LogP contribution in [0.5, 0.6) is 0 Å². The van der Waals surface area contributed by atoms with Crippen LogP contribution in [0, 0.1) is 11.6 Å². The lowest BCUT2D eigenvalue weighted by Crippen LogP contribution is -2.32. The number of ether oxygens (including phenoxy) is 2. The Labute approximate surface area is 139 Å². The maximum atomic E-state index is 14.3. The van der Waals surface area contributed by atoms with E-state index in [0.717, 1.165) is 31.4 Å². The molecule has 3 unspecified atom stereocenters. The summed E-state index contributed by atoms with van der Waals surface area (Å²) >= 11 is 0. The van der Waals surface area contributed by atoms with Gasteiger partial charge in [-0.15, -0.1) is 0 Å². The predicted octanol–water partition coefficient (Wildman–Crippen LogP) is 3.27. The minimum atomic E-state index is -0.476. The smallest absolute Gasteiger partial charge is 0.157 e. The molecular formula is C17H21F2N3O2. The van der Waals surface area contributed by atoms with Gasteiger partial charge in [0.15, 0.2) is 6.29 Å². The standard InChI is InChI=1S/C17H21F2N3O2/c1-12(24-17-4-2-3-7-23-17)15(9-22-11-20-10-21-22)14-8-13(18)5-6-16(14)19/h5-6,8,10-12,15,17H,2-4,7,9H2,1H3. The van der Waals surface area contributed by atoms with Crippen molar-refractivity contribution in [2.75, 3.05) is 6.61 Å². The van der Waals surface area contributed by atoms with Gasteiger partial charge in [0.1, 0.15) is 24.3 Å². The molecule has 2 aromatic rings. The fourth-order valence-electron chi connectivity index (χ4n) is 2.98. The van der Waals surface area contributed by atoms with Gasteiger partial charge in [-0.25, -0.2) is 13.8 Å². The molecule has 1 saturated heterocycles. The average Bonchev–Trinajstić information content (AvgIpc) is 3.09. The molecule has 1 aliphatic rings. The quantitative estimate of drug-likeness (QED) is 0.812. The Balaban J connectivity index is 1.81. The monoisotopic (exact) mass is 337 g/mol. The Hall–Kier alpha value is -1.86. The molecule has 5 nitrogen and oxygen atoms in total. The molecular weight excluding hydrogens is 316 g/mol. The van der Waals surface area contributed by atoms with Gasteiger partial charge in [0.25, 0.3) is 0 Å². The SMILES string of the molecule is CC(OC1CCCCO1)C(Cn1cncn1)c1cc(F)ccc1F. The average molecular weight is 337 g/mol. The van der Waals surface area contributed by atoms with Crippen LogP contribution in [-0.4, -0.2) is 33.8 Å². The molecule has 0 spiro atoms. The van der Waals surface area contributed by atoms with E-state index in [4.69, 9.17) is 9.47 Å². The highest BCUT2D eigenvalue weighted by Gasteiger charge is 2.28. The number of hydrogen-bond donors (Lipinski definition) is 0. The summed E-state index contributed by atoms with van der Waals surface area (Å²) in [5.41, 5.74) is 0.272. The largest absolute Gasteiger partial charge is 0.353 e. The van der Waals surface area contributed by atoms with Gasteiger partial charge in [0.2, 0.25) is 0 Å². The summed E-state index contributed by atoms with van der Waals surface area (Å²) in [7, 11) is 0. The zero-order chi connectivity index (χ0) is 16.9. The van der Waals surface area contributed by atoms with Crippen LogP contribution in [0.25, 0.3) is 0 Å². The van der Waals surface area contributed by atoms with Crippen molar-refractivity contribution in [2.45, 2.75) is 51.0 Å². The van der Waals surface area contributed by atoms with Gasteiger partial charge in [-0.3, -0.25) is 4.68 Å². The normalized spacial score (nSPS) is 20.7. The predicted molar refractivity (Wildman–Crippen MR) is 83.3 cm³/mol. The van der Waals surface area contributed by atoms with Gasteiger partial charge in [-0.1, -0.05) is 0 Å². The molecule has 2 heterocycles. The molecule has 7 heteroatoms. The fraction of sp³-hybridized carbons (Fsp3) is 0.529. The third-order valence-electron chi connectivity index (χ3n) is 4.28. The van der Waals surface area contributed by atoms with Crippen LogP contribution < -0.4 is 0 Å². The highest BCUT2D eigenvalue weighted by Crippen LogP contribution is 2.29. The Morgan fingerprint density at radius 3 is 2.96 bits per heavy atom. The summed E-state index contributed by atoms with van der Waals surface area (Å²) in [4.78, 5) is 3.90. The topological polar surface area (TPSA) is 49.2 Å². The molecule has 3 atom stereocenters. The zero-order valence-corrected chi connectivity index (χ0v) is 13.6. The highest BCUT2D eigenvalue weighted by molar-refractivity contribution is 5.24. The summed E-state index contributed by atoms with van der Waals surface area (Å²) < 4.78 is 41.1. The van der Waals surface area contributed by atoms with Gasteiger partial charge in [0, 0.05) is 12.5 Å². The minimum Gasteiger partial charge on any atom is -0.353 e. The van der Waals surface area contributed by atoms with Gasteiger partial charge < -0.3 is 9.47 Å². The first-order chi connectivity index (χ1) is 11.6. The number of aromatic nitrogens is 3. The minimum absolute atomic E-state index is 0.272. The van der Waals surface area contributed by atoms with Crippen molar-refractivity contribution in [3.63, 3.8) is 0 Å². The van der Waals surface area contributed by atoms with Crippen LogP contribution in [0.3, 0.4) is 0 Å². The number of nitrogens with zero attached hydrogens (tertiary/aromatic N) is 3. The molecule has 0 amide bonds. The van der Waals surface area contributed by atoms with Crippen molar-refractivity contribution >= 4 is 0 Å². The van der Waals surface area contributed by atoms with E-state index in [1.807, 2.05) is 6.92 Å². The maximum absolute atomic E-state index is 14.3. The molecule has 0 aliphatic carbocycles. The van der Waals surface area contributed by atoms with Gasteiger partial charge in [-0.2, -0.15) is 5.10 Å². The molecule has 0 N–H and O–H groups in total. The van der Waals surface area contributed by atoms with Crippen LogP contribution in [0.1, 0.15) is 37.7 Å². The number of rotatable bonds is 6. The lowest BCUT2D eigenvalue weighted by Gasteiger charge is -2.30. The van der Waals surface area contributed by atoms with Gasteiger partial charge >= 0.3 is 0 Å². The Morgan fingerprint density at radius 2 is 2.25 bits per heavy atom. The van der Waals surface area contributed by atoms with E-state index < -0.39 is 17.6 Å². The van der Waals surface area contributed by atoms with E-state index in [1.54, 1.807) is 11.0 Å². The number of hydrogen-bond acceptors (Lipinski definition) is 4. The summed E-state index contributed by atoms with van der Waals surface area (Å²) in [5, 5.41) is 4.07. The third kappa shape index (κ3) is 4.15. The van der Waals surface area contributed by atoms with E-state index in [0.29, 0.717) is 13.2 Å². The molecule has 1 fully saturated rings. The second-order valence-electron chi connectivity index (χ2n) is 6.03. The Bertz CT molecular complexity index is 645. The molecule has 1 aromatic heterocycles. The van der Waals surface area contributed by atoms with E-state index in [2.05, 4.69) is 10.1 Å². The molecule has 3 rings (SSSR count). The molecule has 24 heavy (non-hydrogen) atoms. The van der Waals surface area contributed by atoms with Crippen LogP contribution in [0.15, 0.2) is 30.9 Å². The Morgan fingerprint density at radius 1 is 1.38 bits per heavy atom. The van der Waals surface area contributed by atoms with E-state index in [-0.39, 0.29) is 18.0 Å². The third-order valence-corrected chi connectivity index (χ3v) is 4.28. The fourth-order valence-corrected chi connectivity index (χ4v) is 2.98. The lowest BCUT2D eigenvalue weighted by atomic mass is 9.93. The van der Waals surface area contributed by atoms with Crippen LogP contribution >= 0.6 is 0 Å². The van der Waals surface area contributed by atoms with Crippen LogP contribution in [0.2, 0.25) is 0 Å². The van der Waals surface area contributed by atoms with Crippen molar-refractivity contribution < 1.29 is 18.3 Å². The second kappa shape index (κ2) is 7.81. The Kier molecular flexibility index (Phi) is 5.52. The molecule has 1 aromatic carbocycles. The first kappa shape index (κ1) is 17.0. The van der Waals surface area contributed by atoms with Gasteiger partial charge in [-0.05, 0) is 49.9 Å². The maximum Gasteiger partial charge on any atom is 0.157 e. The van der Waals surface area contributed by atoms with Gasteiger partial charge in [0.05, 0.1) is 12.6 Å². The molecule has 0 bridgehead atoms. The van der Waals surface area contributed by atoms with Crippen molar-refractivity contribution in [1.82, 2.24) is 14.8 Å². The first-order valence-electron chi connectivity index (χ1n) is 8.18. The zero-order valence-electron chi connectivity index (χ0n) is 13.6. The van der Waals surface area contributed by atoms with Crippen molar-refractivity contribution in [3.05, 3.63) is 48.1 Å². The molecule has 0 radical (unpaired) electrons. The number of benzene rings is 1. The van der Waals surface area contributed by atoms with Crippen molar-refractivity contribution in [2.24, 2.45) is 0 Å². The highest BCUT2D eigenvalue weighted by atomic mass is 19.1. The molecule has 0 saturated carbocycles. The lowest BCUT2D eigenvalue weighted by molar-refractivity contribution is -0.189. The summed E-state index contributed by atoms with van der Waals surface area (Å²) in [6.07, 6.45) is 5.17. The van der Waals surface area contributed by atoms with E-state index in [1.165, 1.54) is 12.4 Å². The van der Waals surface area contributed by atoms with E-state index >= 15 is 0 Å². The van der Waals surface area contributed by atoms with Crippen molar-refractivity contribution in [1.29, 1.82) is 0 Å². The second-order valence-corrected chi connectivity index (χ2v) is 6.03. The van der Waals surface area contributed by atoms with Crippen LogP contribution in [-0.2, 0) is 16.0 Å². The molecule has 1 aliphatic heterocycles. The van der Waals surface area contributed by atoms with E-state index in [9.17, 15) is 8.78 Å². The summed E-state index contributed by atoms with van der Waals surface area (Å²) in [5.74, 6) is -1.34. The molecule has 130 valence electrons. The summed E-state index contributed by atoms with van der Waals surface area (Å²) in [6, 6.07) is 3.47. The van der Waals surface area contributed by atoms with Crippen LogP contribution in [0.4, 0.5) is 8.78 Å². The number of halogens is 2.